The van der Waals surface area contributed by atoms with E-state index in [0.29, 0.717) is 23.5 Å². The lowest BCUT2D eigenvalue weighted by molar-refractivity contribution is -0.144. The maximum atomic E-state index is 11.8. The average molecular weight is 327 g/mol. The number of carboxylic acids is 1. The number of aliphatic carboxylic acids is 1. The summed E-state index contributed by atoms with van der Waals surface area (Å²) in [6.07, 6.45) is -0.954. The number of carbonyl (C=O) groups is 2. The highest BCUT2D eigenvalue weighted by molar-refractivity contribution is 5.91. The highest BCUT2D eigenvalue weighted by atomic mass is 16.5. The second-order valence-corrected chi connectivity index (χ2v) is 5.48. The molecule has 0 fully saturated rings. The van der Waals surface area contributed by atoms with Crippen LogP contribution in [0.25, 0.3) is 0 Å². The minimum absolute atomic E-state index is 0.196. The van der Waals surface area contributed by atoms with Crippen molar-refractivity contribution in [1.82, 2.24) is 0 Å². The van der Waals surface area contributed by atoms with Crippen molar-refractivity contribution in [2.45, 2.75) is 12.6 Å². The Hall–Kier alpha value is -3.02. The number of hydrogen-bond donors (Lipinski definition) is 1. The Morgan fingerprint density at radius 3 is 2.67 bits per heavy atom. The second-order valence-electron chi connectivity index (χ2n) is 5.48. The lowest BCUT2D eigenvalue weighted by Gasteiger charge is -2.35. The van der Waals surface area contributed by atoms with Crippen molar-refractivity contribution in [2.24, 2.45) is 0 Å². The maximum absolute atomic E-state index is 11.8. The van der Waals surface area contributed by atoms with Crippen molar-refractivity contribution in [3.05, 3.63) is 59.7 Å². The van der Waals surface area contributed by atoms with Crippen LogP contribution >= 0.6 is 0 Å². The van der Waals surface area contributed by atoms with Crippen LogP contribution in [-0.4, -0.2) is 36.8 Å². The van der Waals surface area contributed by atoms with Crippen LogP contribution < -0.4 is 9.64 Å². The molecule has 0 radical (unpaired) electrons. The van der Waals surface area contributed by atoms with Gasteiger partial charge in [-0.3, -0.25) is 0 Å². The van der Waals surface area contributed by atoms with Crippen molar-refractivity contribution >= 4 is 17.6 Å². The van der Waals surface area contributed by atoms with E-state index in [4.69, 9.17) is 9.47 Å². The van der Waals surface area contributed by atoms with E-state index < -0.39 is 18.0 Å². The Balaban J connectivity index is 1.97. The van der Waals surface area contributed by atoms with E-state index in [2.05, 4.69) is 0 Å². The van der Waals surface area contributed by atoms with Gasteiger partial charge in [-0.15, -0.1) is 0 Å². The molecule has 2 aromatic carbocycles. The van der Waals surface area contributed by atoms with Crippen molar-refractivity contribution < 1.29 is 24.2 Å². The zero-order valence-electron chi connectivity index (χ0n) is 13.1. The molecular formula is C18H17NO5. The van der Waals surface area contributed by atoms with Crippen molar-refractivity contribution in [3.63, 3.8) is 0 Å². The second kappa shape index (κ2) is 6.62. The Morgan fingerprint density at radius 2 is 2.00 bits per heavy atom. The quantitative estimate of drug-likeness (QED) is 0.869. The van der Waals surface area contributed by atoms with E-state index in [1.807, 2.05) is 35.2 Å². The average Bonchev–Trinajstić information content (AvgIpc) is 2.61. The van der Waals surface area contributed by atoms with Crippen molar-refractivity contribution in [1.29, 1.82) is 0 Å². The van der Waals surface area contributed by atoms with Crippen LogP contribution in [0.1, 0.15) is 15.9 Å². The lowest BCUT2D eigenvalue weighted by atomic mass is 10.1. The molecule has 3 rings (SSSR count). The summed E-state index contributed by atoms with van der Waals surface area (Å²) < 4.78 is 10.3. The number of rotatable bonds is 4. The molecule has 2 aromatic rings. The minimum Gasteiger partial charge on any atom is -0.478 e. The summed E-state index contributed by atoms with van der Waals surface area (Å²) in [6, 6.07) is 14.6. The van der Waals surface area contributed by atoms with Crippen LogP contribution in [0.15, 0.2) is 48.5 Å². The highest BCUT2D eigenvalue weighted by Crippen LogP contribution is 2.35. The van der Waals surface area contributed by atoms with E-state index in [1.54, 1.807) is 18.2 Å². The van der Waals surface area contributed by atoms with E-state index in [-0.39, 0.29) is 6.54 Å². The SMILES string of the molecule is COC(=O)c1ccc2c(c1)N(Cc1ccccc1)CC(C(=O)O)O2. The van der Waals surface area contributed by atoms with Gasteiger partial charge >= 0.3 is 11.9 Å². The Kier molecular flexibility index (Phi) is 4.37. The third kappa shape index (κ3) is 3.17. The van der Waals surface area contributed by atoms with Crippen LogP contribution in [0.5, 0.6) is 5.75 Å². The number of ether oxygens (including phenoxy) is 2. The van der Waals surface area contributed by atoms with Crippen molar-refractivity contribution in [2.75, 3.05) is 18.6 Å². The molecule has 0 amide bonds. The van der Waals surface area contributed by atoms with Gasteiger partial charge in [-0.05, 0) is 23.8 Å². The van der Waals surface area contributed by atoms with Gasteiger partial charge in [-0.25, -0.2) is 9.59 Å². The number of methoxy groups -OCH3 is 1. The summed E-state index contributed by atoms with van der Waals surface area (Å²) in [5, 5.41) is 9.30. The molecule has 1 aliphatic heterocycles. The zero-order chi connectivity index (χ0) is 17.1. The van der Waals surface area contributed by atoms with Crippen LogP contribution in [-0.2, 0) is 16.1 Å². The first kappa shape index (κ1) is 15.9. The lowest BCUT2D eigenvalue weighted by Crippen LogP contribution is -2.44. The smallest absolute Gasteiger partial charge is 0.346 e. The predicted molar refractivity (Wildman–Crippen MR) is 87.3 cm³/mol. The number of carbonyl (C=O) groups excluding carboxylic acids is 1. The molecule has 1 unspecified atom stereocenters. The summed E-state index contributed by atoms with van der Waals surface area (Å²) in [6.45, 7) is 0.716. The normalized spacial score (nSPS) is 16.0. The van der Waals surface area contributed by atoms with Gasteiger partial charge in [0.15, 0.2) is 0 Å². The molecular weight excluding hydrogens is 310 g/mol. The fourth-order valence-corrected chi connectivity index (χ4v) is 2.68. The summed E-state index contributed by atoms with van der Waals surface area (Å²) in [4.78, 5) is 25.0. The number of nitrogens with zero attached hydrogens (tertiary/aromatic N) is 1. The fourth-order valence-electron chi connectivity index (χ4n) is 2.68. The summed E-state index contributed by atoms with van der Waals surface area (Å²) in [7, 11) is 1.32. The van der Waals surface area contributed by atoms with Crippen LogP contribution in [0, 0.1) is 0 Å². The van der Waals surface area contributed by atoms with Gasteiger partial charge in [0.1, 0.15) is 5.75 Å². The third-order valence-electron chi connectivity index (χ3n) is 3.87. The molecule has 124 valence electrons. The number of esters is 1. The Bertz CT molecular complexity index is 759. The van der Waals surface area contributed by atoms with Gasteiger partial charge in [0, 0.05) is 6.54 Å². The van der Waals surface area contributed by atoms with Gasteiger partial charge in [0.2, 0.25) is 6.10 Å². The third-order valence-corrected chi connectivity index (χ3v) is 3.87. The zero-order valence-corrected chi connectivity index (χ0v) is 13.1. The monoisotopic (exact) mass is 327 g/mol. The number of hydrogen-bond acceptors (Lipinski definition) is 5. The molecule has 6 nitrogen and oxygen atoms in total. The van der Waals surface area contributed by atoms with E-state index >= 15 is 0 Å². The number of anilines is 1. The van der Waals surface area contributed by atoms with Gasteiger partial charge in [-0.2, -0.15) is 0 Å². The van der Waals surface area contributed by atoms with Crippen LogP contribution in [0.4, 0.5) is 5.69 Å². The Morgan fingerprint density at radius 1 is 1.25 bits per heavy atom. The van der Waals surface area contributed by atoms with Gasteiger partial charge < -0.3 is 19.5 Å². The largest absolute Gasteiger partial charge is 0.478 e. The molecule has 1 heterocycles. The number of benzene rings is 2. The highest BCUT2D eigenvalue weighted by Gasteiger charge is 2.31. The predicted octanol–water partition coefficient (Wildman–Crippen LogP) is 2.33. The maximum Gasteiger partial charge on any atom is 0.346 e. The van der Waals surface area contributed by atoms with Crippen molar-refractivity contribution in [3.8, 4) is 5.75 Å². The van der Waals surface area contributed by atoms with E-state index in [1.165, 1.54) is 7.11 Å². The molecule has 6 heteroatoms. The molecule has 24 heavy (non-hydrogen) atoms. The molecule has 0 spiro atoms. The molecule has 0 saturated heterocycles. The first-order valence-electron chi connectivity index (χ1n) is 7.49. The van der Waals surface area contributed by atoms with Crippen LogP contribution in [0.2, 0.25) is 0 Å². The first-order chi connectivity index (χ1) is 11.6. The fraction of sp³-hybridized carbons (Fsp3) is 0.222. The Labute approximate surface area is 139 Å². The number of carboxylic acid groups (broad SMARTS) is 1. The molecule has 0 aliphatic carbocycles. The topological polar surface area (TPSA) is 76.1 Å². The molecule has 1 N–H and O–H groups in total. The molecule has 0 saturated carbocycles. The van der Waals surface area contributed by atoms with E-state index in [0.717, 1.165) is 5.56 Å². The summed E-state index contributed by atoms with van der Waals surface area (Å²) >= 11 is 0. The standard InChI is InChI=1S/C18H17NO5/c1-23-18(22)13-7-8-15-14(9-13)19(11-16(24-15)17(20)21)10-12-5-3-2-4-6-12/h2-9,16H,10-11H2,1H3,(H,20,21). The summed E-state index contributed by atoms with van der Waals surface area (Å²) in [5.41, 5.74) is 2.11. The summed E-state index contributed by atoms with van der Waals surface area (Å²) in [5.74, 6) is -1.02. The molecule has 1 aliphatic rings. The van der Waals surface area contributed by atoms with E-state index in [9.17, 15) is 14.7 Å². The van der Waals surface area contributed by atoms with Gasteiger partial charge in [-0.1, -0.05) is 30.3 Å². The van der Waals surface area contributed by atoms with Gasteiger partial charge in [0.05, 0.1) is 24.9 Å². The van der Waals surface area contributed by atoms with Gasteiger partial charge in [0.25, 0.3) is 0 Å². The number of fused-ring (bicyclic) bond motifs is 1. The van der Waals surface area contributed by atoms with Crippen LogP contribution in [0.3, 0.4) is 0 Å². The molecule has 0 bridgehead atoms. The minimum atomic E-state index is -1.02. The molecule has 1 atom stereocenters. The molecule has 0 aromatic heterocycles. The first-order valence-corrected chi connectivity index (χ1v) is 7.49.